The first kappa shape index (κ1) is 15.4. The number of aliphatic carboxylic acids is 1. The predicted molar refractivity (Wildman–Crippen MR) is 78.3 cm³/mol. The second kappa shape index (κ2) is 6.61. The van der Waals surface area contributed by atoms with Gasteiger partial charge in [-0.3, -0.25) is 9.59 Å². The van der Waals surface area contributed by atoms with Crippen LogP contribution in [0.1, 0.15) is 31.7 Å². The zero-order chi connectivity index (χ0) is 15.4. The number of amides is 1. The number of carboxylic acid groups (broad SMARTS) is 1. The molecule has 0 aromatic heterocycles. The minimum absolute atomic E-state index is 0.00297. The summed E-state index contributed by atoms with van der Waals surface area (Å²) in [5.74, 6) is -0.360. The Bertz CT molecular complexity index is 512. The lowest BCUT2D eigenvalue weighted by Gasteiger charge is -2.26. The first-order valence-corrected chi connectivity index (χ1v) is 7.23. The van der Waals surface area contributed by atoms with Crippen LogP contribution in [0.25, 0.3) is 0 Å². The van der Waals surface area contributed by atoms with E-state index in [2.05, 4.69) is 0 Å². The highest BCUT2D eigenvalue weighted by Gasteiger charge is 2.33. The number of carboxylic acids is 1. The van der Waals surface area contributed by atoms with Crippen molar-refractivity contribution in [3.05, 3.63) is 29.8 Å². The normalized spacial score (nSPS) is 19.3. The summed E-state index contributed by atoms with van der Waals surface area (Å²) in [4.78, 5) is 24.9. The number of rotatable bonds is 5. The van der Waals surface area contributed by atoms with Crippen molar-refractivity contribution in [2.24, 2.45) is 0 Å². The Morgan fingerprint density at radius 3 is 2.67 bits per heavy atom. The molecule has 0 bridgehead atoms. The van der Waals surface area contributed by atoms with Crippen LogP contribution in [0.4, 0.5) is 0 Å². The van der Waals surface area contributed by atoms with Gasteiger partial charge in [0.2, 0.25) is 0 Å². The van der Waals surface area contributed by atoms with Crippen molar-refractivity contribution in [3.63, 3.8) is 0 Å². The third kappa shape index (κ3) is 3.97. The molecule has 2 atom stereocenters. The van der Waals surface area contributed by atoms with E-state index < -0.39 is 12.1 Å². The van der Waals surface area contributed by atoms with Crippen LogP contribution in [0.5, 0.6) is 5.75 Å². The molecule has 1 aliphatic heterocycles. The van der Waals surface area contributed by atoms with Crippen LogP contribution in [0, 0.1) is 6.92 Å². The SMILES string of the molecule is Cc1ccc(OC(C)C(=O)N2CCCC2CC(=O)O)cc1. The highest BCUT2D eigenvalue weighted by Crippen LogP contribution is 2.22. The third-order valence-corrected chi connectivity index (χ3v) is 3.75. The Labute approximate surface area is 124 Å². The van der Waals surface area contributed by atoms with Gasteiger partial charge in [0.25, 0.3) is 5.91 Å². The van der Waals surface area contributed by atoms with Gasteiger partial charge in [0.15, 0.2) is 6.10 Å². The number of aryl methyl sites for hydroxylation is 1. The van der Waals surface area contributed by atoms with E-state index in [1.807, 2.05) is 31.2 Å². The van der Waals surface area contributed by atoms with E-state index in [1.54, 1.807) is 11.8 Å². The fourth-order valence-corrected chi connectivity index (χ4v) is 2.64. The van der Waals surface area contributed by atoms with Crippen molar-refractivity contribution in [2.45, 2.75) is 45.3 Å². The van der Waals surface area contributed by atoms with Crippen molar-refractivity contribution >= 4 is 11.9 Å². The topological polar surface area (TPSA) is 66.8 Å². The van der Waals surface area contributed by atoms with E-state index in [0.29, 0.717) is 12.3 Å². The van der Waals surface area contributed by atoms with Crippen LogP contribution in [-0.2, 0) is 9.59 Å². The van der Waals surface area contributed by atoms with E-state index in [-0.39, 0.29) is 18.4 Å². The molecule has 0 radical (unpaired) electrons. The summed E-state index contributed by atoms with van der Waals surface area (Å²) in [6.45, 7) is 4.30. The summed E-state index contributed by atoms with van der Waals surface area (Å²) in [6.07, 6.45) is 0.987. The average Bonchev–Trinajstić information content (AvgIpc) is 2.87. The second-order valence-electron chi connectivity index (χ2n) is 5.50. The largest absolute Gasteiger partial charge is 0.481 e. The molecule has 1 N–H and O–H groups in total. The number of hydrogen-bond donors (Lipinski definition) is 1. The third-order valence-electron chi connectivity index (χ3n) is 3.75. The van der Waals surface area contributed by atoms with Gasteiger partial charge in [0, 0.05) is 12.6 Å². The Kier molecular flexibility index (Phi) is 4.83. The minimum atomic E-state index is -0.869. The molecule has 1 amide bonds. The molecule has 1 aliphatic rings. The molecule has 21 heavy (non-hydrogen) atoms. The molecular weight excluding hydrogens is 270 g/mol. The summed E-state index contributed by atoms with van der Waals surface area (Å²) < 4.78 is 5.66. The molecule has 1 aromatic carbocycles. The van der Waals surface area contributed by atoms with Crippen LogP contribution >= 0.6 is 0 Å². The maximum Gasteiger partial charge on any atom is 0.305 e. The van der Waals surface area contributed by atoms with Crippen LogP contribution in [0.2, 0.25) is 0 Å². The van der Waals surface area contributed by atoms with Gasteiger partial charge in [-0.2, -0.15) is 0 Å². The van der Waals surface area contributed by atoms with Crippen LogP contribution in [0.3, 0.4) is 0 Å². The number of benzene rings is 1. The van der Waals surface area contributed by atoms with Crippen molar-refractivity contribution < 1.29 is 19.4 Å². The molecular formula is C16H21NO4. The van der Waals surface area contributed by atoms with Gasteiger partial charge in [-0.15, -0.1) is 0 Å². The Balaban J connectivity index is 1.98. The molecule has 1 heterocycles. The lowest BCUT2D eigenvalue weighted by Crippen LogP contribution is -2.43. The zero-order valence-electron chi connectivity index (χ0n) is 12.4. The second-order valence-corrected chi connectivity index (χ2v) is 5.50. The lowest BCUT2D eigenvalue weighted by atomic mass is 10.1. The van der Waals surface area contributed by atoms with Crippen LogP contribution in [-0.4, -0.2) is 40.6 Å². The van der Waals surface area contributed by atoms with Gasteiger partial charge in [-0.1, -0.05) is 17.7 Å². The predicted octanol–water partition coefficient (Wildman–Crippen LogP) is 2.23. The van der Waals surface area contributed by atoms with Gasteiger partial charge >= 0.3 is 5.97 Å². The Morgan fingerprint density at radius 1 is 1.38 bits per heavy atom. The van der Waals surface area contributed by atoms with Crippen molar-refractivity contribution in [1.29, 1.82) is 0 Å². The van der Waals surface area contributed by atoms with Gasteiger partial charge in [-0.05, 0) is 38.8 Å². The summed E-state index contributed by atoms with van der Waals surface area (Å²) in [7, 11) is 0. The monoisotopic (exact) mass is 291 g/mol. The van der Waals surface area contributed by atoms with Gasteiger partial charge in [0.05, 0.1) is 6.42 Å². The summed E-state index contributed by atoms with van der Waals surface area (Å²) in [6, 6.07) is 7.31. The average molecular weight is 291 g/mol. The first-order valence-electron chi connectivity index (χ1n) is 7.23. The smallest absolute Gasteiger partial charge is 0.305 e. The molecule has 5 heteroatoms. The maximum absolute atomic E-state index is 12.4. The van der Waals surface area contributed by atoms with Crippen LogP contribution in [0.15, 0.2) is 24.3 Å². The van der Waals surface area contributed by atoms with E-state index in [4.69, 9.17) is 9.84 Å². The van der Waals surface area contributed by atoms with Crippen molar-refractivity contribution in [1.82, 2.24) is 4.90 Å². The van der Waals surface area contributed by atoms with Gasteiger partial charge in [0.1, 0.15) is 5.75 Å². The number of hydrogen-bond acceptors (Lipinski definition) is 3. The van der Waals surface area contributed by atoms with E-state index in [0.717, 1.165) is 18.4 Å². The molecule has 1 aromatic rings. The quantitative estimate of drug-likeness (QED) is 0.903. The molecule has 0 saturated carbocycles. The van der Waals surface area contributed by atoms with Gasteiger partial charge < -0.3 is 14.7 Å². The van der Waals surface area contributed by atoms with Crippen LogP contribution < -0.4 is 4.74 Å². The zero-order valence-corrected chi connectivity index (χ0v) is 12.4. The molecule has 114 valence electrons. The minimum Gasteiger partial charge on any atom is -0.481 e. The number of nitrogens with zero attached hydrogens (tertiary/aromatic N) is 1. The maximum atomic E-state index is 12.4. The molecule has 0 aliphatic carbocycles. The molecule has 5 nitrogen and oxygen atoms in total. The van der Waals surface area contributed by atoms with E-state index in [9.17, 15) is 9.59 Å². The van der Waals surface area contributed by atoms with Crippen molar-refractivity contribution in [3.8, 4) is 5.75 Å². The molecule has 2 unspecified atom stereocenters. The van der Waals surface area contributed by atoms with E-state index >= 15 is 0 Å². The highest BCUT2D eigenvalue weighted by molar-refractivity contribution is 5.82. The highest BCUT2D eigenvalue weighted by atomic mass is 16.5. The molecule has 1 fully saturated rings. The van der Waals surface area contributed by atoms with Gasteiger partial charge in [-0.25, -0.2) is 0 Å². The summed E-state index contributed by atoms with van der Waals surface area (Å²) in [5, 5.41) is 8.90. The summed E-state index contributed by atoms with van der Waals surface area (Å²) in [5.41, 5.74) is 1.13. The molecule has 2 rings (SSSR count). The standard InChI is InChI=1S/C16H21NO4/c1-11-5-7-14(8-6-11)21-12(2)16(20)17-9-3-4-13(17)10-15(18)19/h5-8,12-13H,3-4,9-10H2,1-2H3,(H,18,19). The summed E-state index contributed by atoms with van der Waals surface area (Å²) >= 11 is 0. The lowest BCUT2D eigenvalue weighted by molar-refractivity contribution is -0.142. The van der Waals surface area contributed by atoms with E-state index in [1.165, 1.54) is 0 Å². The Morgan fingerprint density at radius 2 is 2.05 bits per heavy atom. The van der Waals surface area contributed by atoms with Crippen molar-refractivity contribution in [2.75, 3.05) is 6.54 Å². The fraction of sp³-hybridized carbons (Fsp3) is 0.500. The number of carbonyl (C=O) groups is 2. The number of carbonyl (C=O) groups excluding carboxylic acids is 1. The number of likely N-dealkylation sites (tertiary alicyclic amines) is 1. The molecule has 0 spiro atoms. The fourth-order valence-electron chi connectivity index (χ4n) is 2.64. The first-order chi connectivity index (χ1) is 9.97. The molecule has 1 saturated heterocycles. The number of ether oxygens (including phenoxy) is 1. The Hall–Kier alpha value is -2.04.